The van der Waals surface area contributed by atoms with E-state index >= 15 is 0 Å². The summed E-state index contributed by atoms with van der Waals surface area (Å²) < 4.78 is 66.9. The first-order valence-corrected chi connectivity index (χ1v) is 5.73. The van der Waals surface area contributed by atoms with Crippen LogP contribution in [0.1, 0.15) is 17.4 Å². The SMILES string of the molecule is CCn1nccc1C(=O)Nc1c(F)c(F)c(F)c(F)c1F. The van der Waals surface area contributed by atoms with Crippen molar-refractivity contribution in [1.82, 2.24) is 9.78 Å². The predicted molar refractivity (Wildman–Crippen MR) is 62.1 cm³/mol. The molecule has 0 aliphatic rings. The minimum atomic E-state index is -2.29. The van der Waals surface area contributed by atoms with Gasteiger partial charge >= 0.3 is 0 Å². The summed E-state index contributed by atoms with van der Waals surface area (Å²) in [5, 5.41) is 5.42. The summed E-state index contributed by atoms with van der Waals surface area (Å²) in [6, 6.07) is 1.24. The number of nitrogens with one attached hydrogen (secondary N) is 1. The number of aryl methyl sites for hydroxylation is 1. The first kappa shape index (κ1) is 14.9. The van der Waals surface area contributed by atoms with Gasteiger partial charge in [0.15, 0.2) is 23.3 Å². The van der Waals surface area contributed by atoms with Crippen LogP contribution in [0.3, 0.4) is 0 Å². The number of carbonyl (C=O) groups excluding carboxylic acids is 1. The molecule has 0 bridgehead atoms. The van der Waals surface area contributed by atoms with E-state index in [1.54, 1.807) is 12.2 Å². The van der Waals surface area contributed by atoms with Gasteiger partial charge in [0.25, 0.3) is 5.91 Å². The molecule has 1 amide bonds. The highest BCUT2D eigenvalue weighted by molar-refractivity contribution is 6.03. The van der Waals surface area contributed by atoms with Crippen LogP contribution in [-0.4, -0.2) is 15.7 Å². The maximum atomic E-state index is 13.4. The molecule has 0 fully saturated rings. The minimum absolute atomic E-state index is 0.0820. The highest BCUT2D eigenvalue weighted by atomic mass is 19.2. The molecule has 1 heterocycles. The Morgan fingerprint density at radius 3 is 2.14 bits per heavy atom. The van der Waals surface area contributed by atoms with Crippen LogP contribution in [-0.2, 0) is 6.54 Å². The second kappa shape index (κ2) is 5.51. The fraction of sp³-hybridized carbons (Fsp3) is 0.167. The van der Waals surface area contributed by atoms with Crippen LogP contribution in [0.5, 0.6) is 0 Å². The van der Waals surface area contributed by atoms with E-state index in [1.807, 2.05) is 0 Å². The van der Waals surface area contributed by atoms with E-state index in [2.05, 4.69) is 5.10 Å². The van der Waals surface area contributed by atoms with Crippen molar-refractivity contribution >= 4 is 11.6 Å². The van der Waals surface area contributed by atoms with Gasteiger partial charge in [-0.05, 0) is 13.0 Å². The topological polar surface area (TPSA) is 46.9 Å². The monoisotopic (exact) mass is 305 g/mol. The lowest BCUT2D eigenvalue weighted by atomic mass is 10.2. The average Bonchev–Trinajstić information content (AvgIpc) is 2.96. The second-order valence-corrected chi connectivity index (χ2v) is 3.93. The summed E-state index contributed by atoms with van der Waals surface area (Å²) in [7, 11) is 0. The molecule has 0 aliphatic heterocycles. The van der Waals surface area contributed by atoms with Crippen LogP contribution < -0.4 is 5.32 Å². The molecule has 112 valence electrons. The fourth-order valence-electron chi connectivity index (χ4n) is 1.67. The summed E-state index contributed by atoms with van der Waals surface area (Å²) in [6.07, 6.45) is 1.26. The first-order valence-electron chi connectivity index (χ1n) is 5.73. The smallest absolute Gasteiger partial charge is 0.274 e. The molecule has 0 aliphatic carbocycles. The third-order valence-electron chi connectivity index (χ3n) is 2.70. The number of carbonyl (C=O) groups is 1. The molecule has 1 N–H and O–H groups in total. The molecular formula is C12H8F5N3O. The van der Waals surface area contributed by atoms with Crippen LogP contribution >= 0.6 is 0 Å². The number of anilines is 1. The Morgan fingerprint density at radius 1 is 1.10 bits per heavy atom. The zero-order chi connectivity index (χ0) is 15.7. The Bertz CT molecular complexity index is 684. The third-order valence-corrected chi connectivity index (χ3v) is 2.70. The average molecular weight is 305 g/mol. The summed E-state index contributed by atoms with van der Waals surface area (Å²) in [6.45, 7) is 1.94. The maximum absolute atomic E-state index is 13.4. The molecule has 0 spiro atoms. The van der Waals surface area contributed by atoms with Crippen molar-refractivity contribution in [2.45, 2.75) is 13.5 Å². The molecule has 9 heteroatoms. The molecule has 1 aromatic heterocycles. The Balaban J connectivity index is 2.43. The molecule has 21 heavy (non-hydrogen) atoms. The van der Waals surface area contributed by atoms with E-state index in [4.69, 9.17) is 0 Å². The lowest BCUT2D eigenvalue weighted by molar-refractivity contribution is 0.101. The van der Waals surface area contributed by atoms with Crippen LogP contribution in [0.15, 0.2) is 12.3 Å². The van der Waals surface area contributed by atoms with E-state index in [1.165, 1.54) is 16.9 Å². The predicted octanol–water partition coefficient (Wildman–Crippen LogP) is 2.85. The van der Waals surface area contributed by atoms with Crippen LogP contribution in [0.25, 0.3) is 0 Å². The molecule has 0 saturated heterocycles. The number of hydrogen-bond acceptors (Lipinski definition) is 2. The van der Waals surface area contributed by atoms with Gasteiger partial charge in [-0.15, -0.1) is 0 Å². The standard InChI is InChI=1S/C12H8F5N3O/c1-2-20-5(3-4-18-20)12(21)19-11-9(16)7(14)6(13)8(15)10(11)17/h3-4H,2H2,1H3,(H,19,21). The number of halogens is 5. The minimum Gasteiger partial charge on any atom is -0.316 e. The Labute approximate surface area is 115 Å². The molecule has 0 saturated carbocycles. The molecule has 2 aromatic rings. The van der Waals surface area contributed by atoms with Gasteiger partial charge in [0.1, 0.15) is 11.4 Å². The normalized spacial score (nSPS) is 10.8. The number of nitrogens with zero attached hydrogens (tertiary/aromatic N) is 2. The van der Waals surface area contributed by atoms with Crippen LogP contribution in [0.2, 0.25) is 0 Å². The molecule has 4 nitrogen and oxygen atoms in total. The zero-order valence-electron chi connectivity index (χ0n) is 10.6. The van der Waals surface area contributed by atoms with Gasteiger partial charge in [0.05, 0.1) is 0 Å². The number of hydrogen-bond donors (Lipinski definition) is 1. The van der Waals surface area contributed by atoms with Crippen molar-refractivity contribution in [3.05, 3.63) is 47.0 Å². The van der Waals surface area contributed by atoms with Crippen molar-refractivity contribution in [2.24, 2.45) is 0 Å². The van der Waals surface area contributed by atoms with Crippen LogP contribution in [0.4, 0.5) is 27.6 Å². The maximum Gasteiger partial charge on any atom is 0.274 e. The molecule has 2 rings (SSSR count). The highest BCUT2D eigenvalue weighted by Crippen LogP contribution is 2.27. The summed E-state index contributed by atoms with van der Waals surface area (Å²) in [4.78, 5) is 11.8. The Morgan fingerprint density at radius 2 is 1.62 bits per heavy atom. The van der Waals surface area contributed by atoms with Gasteiger partial charge in [-0.3, -0.25) is 9.48 Å². The van der Waals surface area contributed by atoms with E-state index in [0.717, 1.165) is 0 Å². The number of aromatic nitrogens is 2. The molecule has 0 atom stereocenters. The highest BCUT2D eigenvalue weighted by Gasteiger charge is 2.27. The van der Waals surface area contributed by atoms with Gasteiger partial charge < -0.3 is 5.32 Å². The van der Waals surface area contributed by atoms with Crippen molar-refractivity contribution in [1.29, 1.82) is 0 Å². The molecular weight excluding hydrogens is 297 g/mol. The molecule has 0 unspecified atom stereocenters. The number of benzene rings is 1. The Hall–Kier alpha value is -2.45. The quantitative estimate of drug-likeness (QED) is 0.538. The van der Waals surface area contributed by atoms with Gasteiger partial charge in [-0.2, -0.15) is 5.10 Å². The van der Waals surface area contributed by atoms with E-state index in [-0.39, 0.29) is 12.2 Å². The molecule has 1 aromatic carbocycles. The summed E-state index contributed by atoms with van der Waals surface area (Å²) in [5.74, 6) is -11.8. The number of amides is 1. The summed E-state index contributed by atoms with van der Waals surface area (Å²) in [5.41, 5.74) is -1.48. The van der Waals surface area contributed by atoms with Gasteiger partial charge in [0, 0.05) is 12.7 Å². The lowest BCUT2D eigenvalue weighted by Gasteiger charge is -2.10. The van der Waals surface area contributed by atoms with E-state index < -0.39 is 40.7 Å². The lowest BCUT2D eigenvalue weighted by Crippen LogP contribution is -2.20. The van der Waals surface area contributed by atoms with Crippen molar-refractivity contribution in [3.63, 3.8) is 0 Å². The third kappa shape index (κ3) is 2.46. The van der Waals surface area contributed by atoms with Gasteiger partial charge in [0.2, 0.25) is 5.82 Å². The fourth-order valence-corrected chi connectivity index (χ4v) is 1.67. The van der Waals surface area contributed by atoms with Crippen molar-refractivity contribution < 1.29 is 26.7 Å². The summed E-state index contributed by atoms with van der Waals surface area (Å²) >= 11 is 0. The largest absolute Gasteiger partial charge is 0.316 e. The zero-order valence-corrected chi connectivity index (χ0v) is 10.6. The van der Waals surface area contributed by atoms with Crippen molar-refractivity contribution in [2.75, 3.05) is 5.32 Å². The first-order chi connectivity index (χ1) is 9.88. The van der Waals surface area contributed by atoms with E-state index in [0.29, 0.717) is 0 Å². The van der Waals surface area contributed by atoms with Gasteiger partial charge in [-0.1, -0.05) is 0 Å². The van der Waals surface area contributed by atoms with E-state index in [9.17, 15) is 26.7 Å². The number of rotatable bonds is 3. The second-order valence-electron chi connectivity index (χ2n) is 3.93. The molecule has 0 radical (unpaired) electrons. The Kier molecular flexibility index (Phi) is 3.92. The van der Waals surface area contributed by atoms with Gasteiger partial charge in [-0.25, -0.2) is 22.0 Å². The van der Waals surface area contributed by atoms with Crippen LogP contribution in [0, 0.1) is 29.1 Å². The van der Waals surface area contributed by atoms with Crippen molar-refractivity contribution in [3.8, 4) is 0 Å².